The Hall–Kier alpha value is -4.01. The van der Waals surface area contributed by atoms with Crippen LogP contribution in [0.15, 0.2) is 109 Å². The average Bonchev–Trinajstić information content (AvgIpc) is 3.14. The minimum atomic E-state index is -0.539. The molecule has 1 saturated heterocycles. The largest absolute Gasteiger partial charge is 0.392 e. The number of hydrogen-bond acceptors (Lipinski definition) is 5. The first-order valence-electron chi connectivity index (χ1n) is 18.9. The number of urea groups is 1. The maximum absolute atomic E-state index is 13.1. The standard InChI is InChI=1S/C44H51N3O4/c48-30-34-13-15-38(16-14-34)41-22-40(29-47(27-32-7-3-1-4-8-32)28-33-9-5-2-6-10-33)50-42(51-41)39-17-11-31(12-18-39)26-45-43(49)46-44-23-35-19-36(24-44)21-37(20-35)25-44/h1-18,35-37,40-42,48H,19-30H2,(H2,45,46,49)/t35?,36?,37?,40-,41+,42+,44?/m0/s1. The highest BCUT2D eigenvalue weighted by molar-refractivity contribution is 5.75. The van der Waals surface area contributed by atoms with Gasteiger partial charge in [0, 0.05) is 43.7 Å². The first-order valence-corrected chi connectivity index (χ1v) is 18.9. The minimum absolute atomic E-state index is 0.00161. The number of ether oxygens (including phenoxy) is 2. The molecule has 1 aliphatic heterocycles. The Balaban J connectivity index is 0.950. The molecule has 7 nitrogen and oxygen atoms in total. The third kappa shape index (κ3) is 8.39. The van der Waals surface area contributed by atoms with E-state index in [2.05, 4.69) is 113 Å². The quantitative estimate of drug-likeness (QED) is 0.140. The zero-order valence-corrected chi connectivity index (χ0v) is 29.5. The molecule has 51 heavy (non-hydrogen) atoms. The van der Waals surface area contributed by atoms with Crippen molar-refractivity contribution in [3.05, 3.63) is 143 Å². The maximum Gasteiger partial charge on any atom is 0.315 e. The van der Waals surface area contributed by atoms with E-state index in [4.69, 9.17) is 9.47 Å². The van der Waals surface area contributed by atoms with Gasteiger partial charge in [-0.2, -0.15) is 0 Å². The van der Waals surface area contributed by atoms with Gasteiger partial charge >= 0.3 is 6.03 Å². The molecule has 0 radical (unpaired) electrons. The number of nitrogens with zero attached hydrogens (tertiary/aromatic N) is 1. The lowest BCUT2D eigenvalue weighted by Crippen LogP contribution is -2.61. The van der Waals surface area contributed by atoms with Gasteiger partial charge in [-0.05, 0) is 84.1 Å². The van der Waals surface area contributed by atoms with Crippen LogP contribution in [0.3, 0.4) is 0 Å². The number of nitrogens with one attached hydrogen (secondary N) is 2. The number of hydrogen-bond donors (Lipinski definition) is 3. The zero-order valence-electron chi connectivity index (χ0n) is 29.5. The van der Waals surface area contributed by atoms with Crippen molar-refractivity contribution in [1.29, 1.82) is 0 Å². The van der Waals surface area contributed by atoms with E-state index >= 15 is 0 Å². The molecule has 0 spiro atoms. The van der Waals surface area contributed by atoms with E-state index in [1.54, 1.807) is 0 Å². The van der Waals surface area contributed by atoms with Gasteiger partial charge in [0.15, 0.2) is 6.29 Å². The molecule has 4 bridgehead atoms. The van der Waals surface area contributed by atoms with E-state index in [0.29, 0.717) is 6.54 Å². The van der Waals surface area contributed by atoms with E-state index in [0.717, 1.165) is 85.3 Å². The average molecular weight is 686 g/mol. The van der Waals surface area contributed by atoms with Crippen LogP contribution in [0.1, 0.15) is 90.7 Å². The van der Waals surface area contributed by atoms with Gasteiger partial charge in [-0.3, -0.25) is 4.90 Å². The predicted octanol–water partition coefficient (Wildman–Crippen LogP) is 8.19. The number of aliphatic hydroxyl groups excluding tert-OH is 1. The normalized spacial score (nSPS) is 28.1. The van der Waals surface area contributed by atoms with Crippen molar-refractivity contribution < 1.29 is 19.4 Å². The van der Waals surface area contributed by atoms with Crippen LogP contribution in [-0.2, 0) is 35.7 Å². The van der Waals surface area contributed by atoms with E-state index in [9.17, 15) is 9.90 Å². The molecule has 266 valence electrons. The van der Waals surface area contributed by atoms with Crippen LogP contribution < -0.4 is 10.6 Å². The van der Waals surface area contributed by atoms with E-state index in [1.807, 2.05) is 12.1 Å². The summed E-state index contributed by atoms with van der Waals surface area (Å²) in [5.41, 5.74) is 6.49. The van der Waals surface area contributed by atoms with Crippen molar-refractivity contribution in [3.63, 3.8) is 0 Å². The molecule has 0 unspecified atom stereocenters. The van der Waals surface area contributed by atoms with E-state index in [1.165, 1.54) is 30.4 Å². The fourth-order valence-corrected chi connectivity index (χ4v) is 9.71. The molecule has 4 aliphatic carbocycles. The summed E-state index contributed by atoms with van der Waals surface area (Å²) in [7, 11) is 0. The number of rotatable bonds is 12. The molecule has 2 amide bonds. The highest BCUT2D eigenvalue weighted by atomic mass is 16.7. The van der Waals surface area contributed by atoms with E-state index < -0.39 is 6.29 Å². The van der Waals surface area contributed by atoms with Crippen LogP contribution in [0.25, 0.3) is 0 Å². The topological polar surface area (TPSA) is 83.1 Å². The van der Waals surface area contributed by atoms with Crippen molar-refractivity contribution in [2.24, 2.45) is 17.8 Å². The number of carbonyl (C=O) groups is 1. The van der Waals surface area contributed by atoms with Gasteiger partial charge in [-0.25, -0.2) is 4.79 Å². The Bertz CT molecular complexity index is 1650. The second-order valence-corrected chi connectivity index (χ2v) is 15.7. The van der Waals surface area contributed by atoms with Crippen LogP contribution in [0, 0.1) is 17.8 Å². The summed E-state index contributed by atoms with van der Waals surface area (Å²) in [6.45, 7) is 2.86. The highest BCUT2D eigenvalue weighted by Gasteiger charge is 2.51. The first-order chi connectivity index (χ1) is 25.0. The molecular weight excluding hydrogens is 635 g/mol. The first kappa shape index (κ1) is 34.1. The third-order valence-electron chi connectivity index (χ3n) is 11.7. The summed E-state index contributed by atoms with van der Waals surface area (Å²) in [4.78, 5) is 15.6. The van der Waals surface area contributed by atoms with Gasteiger partial charge in [0.2, 0.25) is 0 Å². The Morgan fingerprint density at radius 3 is 1.78 bits per heavy atom. The van der Waals surface area contributed by atoms with Crippen LogP contribution >= 0.6 is 0 Å². The Labute approximate surface area is 302 Å². The fraction of sp³-hybridized carbons (Fsp3) is 0.432. The van der Waals surface area contributed by atoms with Crippen LogP contribution in [0.5, 0.6) is 0 Å². The number of carbonyl (C=O) groups excluding carboxylic acids is 1. The molecule has 7 heteroatoms. The summed E-state index contributed by atoms with van der Waals surface area (Å²) in [6, 6.07) is 37.5. The Morgan fingerprint density at radius 2 is 1.22 bits per heavy atom. The van der Waals surface area contributed by atoms with Gasteiger partial charge < -0.3 is 25.2 Å². The van der Waals surface area contributed by atoms with E-state index in [-0.39, 0.29) is 30.4 Å². The van der Waals surface area contributed by atoms with Crippen molar-refractivity contribution in [3.8, 4) is 0 Å². The van der Waals surface area contributed by atoms with Gasteiger partial charge in [-0.15, -0.1) is 0 Å². The fourth-order valence-electron chi connectivity index (χ4n) is 9.71. The lowest BCUT2D eigenvalue weighted by molar-refractivity contribution is -0.253. The van der Waals surface area contributed by atoms with Gasteiger partial charge in [0.05, 0.1) is 18.8 Å². The van der Waals surface area contributed by atoms with Crippen LogP contribution in [0.4, 0.5) is 4.79 Å². The number of aliphatic hydroxyl groups is 1. The lowest BCUT2D eigenvalue weighted by Gasteiger charge is -2.56. The molecule has 3 N–H and O–H groups in total. The smallest absolute Gasteiger partial charge is 0.315 e. The van der Waals surface area contributed by atoms with Crippen LogP contribution in [-0.4, -0.2) is 34.2 Å². The van der Waals surface area contributed by atoms with Gasteiger partial charge in [0.1, 0.15) is 0 Å². The molecule has 4 saturated carbocycles. The Morgan fingerprint density at radius 1 is 0.667 bits per heavy atom. The number of amides is 2. The minimum Gasteiger partial charge on any atom is -0.392 e. The lowest BCUT2D eigenvalue weighted by atomic mass is 9.53. The highest BCUT2D eigenvalue weighted by Crippen LogP contribution is 2.55. The van der Waals surface area contributed by atoms with Crippen molar-refractivity contribution in [2.45, 2.75) is 95.2 Å². The maximum atomic E-state index is 13.1. The summed E-state index contributed by atoms with van der Waals surface area (Å²) in [5, 5.41) is 16.2. The van der Waals surface area contributed by atoms with Crippen molar-refractivity contribution in [1.82, 2.24) is 15.5 Å². The summed E-state index contributed by atoms with van der Waals surface area (Å²) in [6.07, 6.45) is 7.46. The molecular formula is C44H51N3O4. The van der Waals surface area contributed by atoms with Crippen LogP contribution in [0.2, 0.25) is 0 Å². The second kappa shape index (κ2) is 15.3. The second-order valence-electron chi connectivity index (χ2n) is 15.7. The predicted molar refractivity (Wildman–Crippen MR) is 198 cm³/mol. The molecule has 4 aromatic carbocycles. The van der Waals surface area contributed by atoms with Crippen molar-refractivity contribution in [2.75, 3.05) is 6.54 Å². The molecule has 0 aromatic heterocycles. The number of benzene rings is 4. The third-order valence-corrected chi connectivity index (χ3v) is 11.7. The molecule has 5 fully saturated rings. The van der Waals surface area contributed by atoms with Gasteiger partial charge in [-0.1, -0.05) is 109 Å². The molecule has 4 aromatic rings. The molecule has 3 atom stereocenters. The SMILES string of the molecule is O=C(NCc1ccc([C@@H]2O[C@H](CN(Cc3ccccc3)Cc3ccccc3)C[C@H](c3ccc(CO)cc3)O2)cc1)NC12CC3CC(CC(C3)C1)C2. The molecule has 5 aliphatic rings. The Kier molecular flexibility index (Phi) is 10.2. The molecule has 1 heterocycles. The molecule has 9 rings (SSSR count). The van der Waals surface area contributed by atoms with Gasteiger partial charge in [0.25, 0.3) is 0 Å². The monoisotopic (exact) mass is 685 g/mol. The summed E-state index contributed by atoms with van der Waals surface area (Å²) >= 11 is 0. The summed E-state index contributed by atoms with van der Waals surface area (Å²) < 4.78 is 13.4. The van der Waals surface area contributed by atoms with Crippen molar-refractivity contribution >= 4 is 6.03 Å². The summed E-state index contributed by atoms with van der Waals surface area (Å²) in [5.74, 6) is 2.38. The zero-order chi connectivity index (χ0) is 34.6.